The Balaban J connectivity index is 1.46. The number of nitriles is 1. The highest BCUT2D eigenvalue weighted by Gasteiger charge is 2.44. The number of fused-ring (bicyclic) bond motifs is 1. The molecule has 4 atom stereocenters. The Morgan fingerprint density at radius 2 is 1.44 bits per heavy atom. The Hall–Kier alpha value is -0.510. The summed E-state index contributed by atoms with van der Waals surface area (Å²) in [6, 6.07) is 2.81. The molecule has 0 aromatic rings. The summed E-state index contributed by atoms with van der Waals surface area (Å²) >= 11 is 0. The number of hydrogen-bond acceptors (Lipinski definition) is 1. The van der Waals surface area contributed by atoms with E-state index in [2.05, 4.69) is 19.9 Å². The van der Waals surface area contributed by atoms with Gasteiger partial charge in [0.05, 0.1) is 11.5 Å². The van der Waals surface area contributed by atoms with Gasteiger partial charge in [-0.1, -0.05) is 65.2 Å². The molecule has 0 saturated heterocycles. The van der Waals surface area contributed by atoms with E-state index >= 15 is 0 Å². The molecule has 0 N–H and O–H groups in total. The first kappa shape index (κ1) is 21.2. The van der Waals surface area contributed by atoms with Gasteiger partial charge in [0.1, 0.15) is 0 Å². The lowest BCUT2D eigenvalue weighted by atomic mass is 9.57. The average Bonchev–Trinajstić information content (AvgIpc) is 2.72. The molecule has 0 amide bonds. The van der Waals surface area contributed by atoms with Crippen LogP contribution in [0.3, 0.4) is 0 Å². The molecule has 154 valence electrons. The maximum absolute atomic E-state index is 9.92. The lowest BCUT2D eigenvalue weighted by Gasteiger charge is -2.47. The fourth-order valence-corrected chi connectivity index (χ4v) is 7.02. The first-order valence-electron chi connectivity index (χ1n) is 12.6. The zero-order valence-corrected chi connectivity index (χ0v) is 18.4. The molecule has 0 heterocycles. The molecule has 4 unspecified atom stereocenters. The van der Waals surface area contributed by atoms with Crippen molar-refractivity contribution in [1.82, 2.24) is 0 Å². The van der Waals surface area contributed by atoms with Crippen LogP contribution in [0.4, 0.5) is 0 Å². The Morgan fingerprint density at radius 3 is 2.15 bits per heavy atom. The Morgan fingerprint density at radius 1 is 0.778 bits per heavy atom. The van der Waals surface area contributed by atoms with Crippen LogP contribution in [-0.2, 0) is 0 Å². The summed E-state index contributed by atoms with van der Waals surface area (Å²) in [5.74, 6) is 4.93. The van der Waals surface area contributed by atoms with E-state index in [9.17, 15) is 5.26 Å². The largest absolute Gasteiger partial charge is 0.198 e. The molecule has 0 aliphatic heterocycles. The molecular weight excluding hydrogens is 326 g/mol. The van der Waals surface area contributed by atoms with Crippen LogP contribution in [0.2, 0.25) is 0 Å². The third kappa shape index (κ3) is 5.52. The van der Waals surface area contributed by atoms with Crippen molar-refractivity contribution < 1.29 is 0 Å². The van der Waals surface area contributed by atoms with Gasteiger partial charge in [-0.15, -0.1) is 0 Å². The van der Waals surface area contributed by atoms with Crippen LogP contribution < -0.4 is 0 Å². The van der Waals surface area contributed by atoms with Crippen LogP contribution in [0.15, 0.2) is 0 Å². The predicted molar refractivity (Wildman–Crippen MR) is 115 cm³/mol. The molecule has 3 saturated carbocycles. The summed E-state index contributed by atoms with van der Waals surface area (Å²) in [6.07, 6.45) is 23.6. The minimum Gasteiger partial charge on any atom is -0.198 e. The van der Waals surface area contributed by atoms with Crippen molar-refractivity contribution in [2.45, 2.75) is 123 Å². The van der Waals surface area contributed by atoms with Gasteiger partial charge in [-0.2, -0.15) is 5.26 Å². The van der Waals surface area contributed by atoms with Gasteiger partial charge in [0.25, 0.3) is 0 Å². The Labute approximate surface area is 169 Å². The van der Waals surface area contributed by atoms with Gasteiger partial charge in [-0.05, 0) is 87.4 Å². The number of hydrogen-bond donors (Lipinski definition) is 0. The van der Waals surface area contributed by atoms with Crippen molar-refractivity contribution in [1.29, 1.82) is 5.26 Å². The normalized spacial score (nSPS) is 39.5. The van der Waals surface area contributed by atoms with Crippen LogP contribution in [0.1, 0.15) is 123 Å². The van der Waals surface area contributed by atoms with Crippen LogP contribution in [0.25, 0.3) is 0 Å². The summed E-state index contributed by atoms with van der Waals surface area (Å²) in [6.45, 7) is 4.60. The smallest absolute Gasteiger partial charge is 0.0689 e. The maximum Gasteiger partial charge on any atom is 0.0689 e. The summed E-state index contributed by atoms with van der Waals surface area (Å²) < 4.78 is 0. The maximum atomic E-state index is 9.92. The second kappa shape index (κ2) is 10.3. The van der Waals surface area contributed by atoms with Crippen molar-refractivity contribution >= 4 is 0 Å². The quantitative estimate of drug-likeness (QED) is 0.394. The summed E-state index contributed by atoms with van der Waals surface area (Å²) in [5.41, 5.74) is 0.0422. The van der Waals surface area contributed by atoms with E-state index in [1.54, 1.807) is 0 Å². The van der Waals surface area contributed by atoms with Gasteiger partial charge >= 0.3 is 0 Å². The lowest BCUT2D eigenvalue weighted by molar-refractivity contribution is 0.0378. The van der Waals surface area contributed by atoms with Gasteiger partial charge in [-0.3, -0.25) is 0 Å². The van der Waals surface area contributed by atoms with Gasteiger partial charge in [0.2, 0.25) is 0 Å². The van der Waals surface area contributed by atoms with E-state index in [0.29, 0.717) is 0 Å². The Bertz CT molecular complexity index is 469. The molecule has 0 radical (unpaired) electrons. The molecule has 0 spiro atoms. The predicted octanol–water partition coefficient (Wildman–Crippen LogP) is 8.29. The lowest BCUT2D eigenvalue weighted by Crippen LogP contribution is -2.38. The third-order valence-corrected chi connectivity index (χ3v) is 8.85. The highest BCUT2D eigenvalue weighted by Crippen LogP contribution is 2.53. The van der Waals surface area contributed by atoms with Crippen LogP contribution in [0.5, 0.6) is 0 Å². The molecule has 0 aromatic heterocycles. The topological polar surface area (TPSA) is 23.8 Å². The van der Waals surface area contributed by atoms with Crippen molar-refractivity contribution in [2.24, 2.45) is 35.0 Å². The zero-order chi connectivity index (χ0) is 19.1. The monoisotopic (exact) mass is 371 g/mol. The molecule has 0 aromatic carbocycles. The molecule has 0 bridgehead atoms. The summed E-state index contributed by atoms with van der Waals surface area (Å²) in [4.78, 5) is 0. The van der Waals surface area contributed by atoms with Crippen molar-refractivity contribution in [3.8, 4) is 6.07 Å². The molecule has 27 heavy (non-hydrogen) atoms. The standard InChI is InChI=1S/C26H45N/c1-3-5-7-16-26(20-27)17-15-24-18-23(13-14-25(24)19-26)22-11-9-21(10-12-22)8-6-4-2/h21-25H,3-19H2,1-2H3. The Kier molecular flexibility index (Phi) is 8.10. The van der Waals surface area contributed by atoms with Crippen LogP contribution in [-0.4, -0.2) is 0 Å². The highest BCUT2D eigenvalue weighted by atomic mass is 14.5. The van der Waals surface area contributed by atoms with Gasteiger partial charge in [0.15, 0.2) is 0 Å². The molecule has 3 rings (SSSR count). The molecular formula is C26H45N. The minimum absolute atomic E-state index is 0.0422. The third-order valence-electron chi connectivity index (χ3n) is 8.85. The van der Waals surface area contributed by atoms with Crippen molar-refractivity contribution in [2.75, 3.05) is 0 Å². The SMILES string of the molecule is CCCCCC1(C#N)CCC2CC(C3CCC(CCCC)CC3)CCC2C1. The summed E-state index contributed by atoms with van der Waals surface area (Å²) in [5, 5.41) is 9.92. The van der Waals surface area contributed by atoms with E-state index < -0.39 is 0 Å². The first-order valence-corrected chi connectivity index (χ1v) is 12.6. The van der Waals surface area contributed by atoms with Gasteiger partial charge < -0.3 is 0 Å². The molecule has 1 nitrogen and oxygen atoms in total. The summed E-state index contributed by atoms with van der Waals surface area (Å²) in [7, 11) is 0. The second-order valence-electron chi connectivity index (χ2n) is 10.6. The molecule has 3 fully saturated rings. The average molecular weight is 372 g/mol. The van der Waals surface area contributed by atoms with Gasteiger partial charge in [-0.25, -0.2) is 0 Å². The molecule has 3 aliphatic rings. The molecule has 1 heteroatoms. The number of nitrogens with zero attached hydrogens (tertiary/aromatic N) is 1. The zero-order valence-electron chi connectivity index (χ0n) is 18.4. The molecule has 3 aliphatic carbocycles. The van der Waals surface area contributed by atoms with E-state index in [0.717, 1.165) is 29.6 Å². The van der Waals surface area contributed by atoms with Crippen LogP contribution >= 0.6 is 0 Å². The van der Waals surface area contributed by atoms with E-state index in [4.69, 9.17) is 0 Å². The van der Waals surface area contributed by atoms with Crippen molar-refractivity contribution in [3.63, 3.8) is 0 Å². The van der Waals surface area contributed by atoms with E-state index in [1.807, 2.05) is 0 Å². The second-order valence-corrected chi connectivity index (χ2v) is 10.6. The van der Waals surface area contributed by atoms with Gasteiger partial charge in [0, 0.05) is 0 Å². The van der Waals surface area contributed by atoms with E-state index in [1.165, 1.54) is 109 Å². The van der Waals surface area contributed by atoms with Crippen molar-refractivity contribution in [3.05, 3.63) is 0 Å². The fourth-order valence-electron chi connectivity index (χ4n) is 7.02. The van der Waals surface area contributed by atoms with Crippen LogP contribution in [0, 0.1) is 46.3 Å². The minimum atomic E-state index is 0.0422. The fraction of sp³-hybridized carbons (Fsp3) is 0.962. The highest BCUT2D eigenvalue weighted by molar-refractivity contribution is 5.04. The first-order chi connectivity index (χ1) is 13.2. The number of unbranched alkanes of at least 4 members (excludes halogenated alkanes) is 3. The van der Waals surface area contributed by atoms with E-state index in [-0.39, 0.29) is 5.41 Å². The number of rotatable bonds is 8.